The van der Waals surface area contributed by atoms with Crippen LogP contribution in [0.15, 0.2) is 71.7 Å². The molecule has 25 heavy (non-hydrogen) atoms. The molecule has 0 aliphatic carbocycles. The lowest BCUT2D eigenvalue weighted by molar-refractivity contribution is 0.477. The largest absolute Gasteiger partial charge is 0.507 e. The van der Waals surface area contributed by atoms with Gasteiger partial charge in [-0.15, -0.1) is 11.3 Å². The maximum Gasteiger partial charge on any atom is 0.128 e. The monoisotopic (exact) mass is 348 g/mol. The maximum atomic E-state index is 12.9. The van der Waals surface area contributed by atoms with Gasteiger partial charge >= 0.3 is 0 Å². The van der Waals surface area contributed by atoms with Gasteiger partial charge < -0.3 is 5.11 Å². The molecule has 0 unspecified atom stereocenters. The number of halogens is 1. The van der Waals surface area contributed by atoms with E-state index in [4.69, 9.17) is 0 Å². The molecule has 4 aromatic rings. The van der Waals surface area contributed by atoms with E-state index in [1.54, 1.807) is 36.5 Å². The number of thiazole rings is 1. The first kappa shape index (κ1) is 15.5. The fourth-order valence-corrected chi connectivity index (χ4v) is 3.45. The molecular weight excluding hydrogens is 335 g/mol. The van der Waals surface area contributed by atoms with Gasteiger partial charge in [-0.05, 0) is 48.0 Å². The fourth-order valence-electron chi connectivity index (χ4n) is 2.46. The Labute approximate surface area is 147 Å². The summed E-state index contributed by atoms with van der Waals surface area (Å²) in [5.41, 5.74) is 3.05. The van der Waals surface area contributed by atoms with Crippen LogP contribution in [0.1, 0.15) is 5.56 Å². The van der Waals surface area contributed by atoms with E-state index < -0.39 is 0 Å². The lowest BCUT2D eigenvalue weighted by Crippen LogP contribution is -1.82. The highest BCUT2D eigenvalue weighted by Crippen LogP contribution is 2.37. The van der Waals surface area contributed by atoms with Crippen LogP contribution in [-0.2, 0) is 0 Å². The minimum absolute atomic E-state index is 0.166. The van der Waals surface area contributed by atoms with E-state index in [2.05, 4.69) is 9.98 Å². The van der Waals surface area contributed by atoms with Crippen molar-refractivity contribution in [3.8, 4) is 16.3 Å². The number of nitrogens with zero attached hydrogens (tertiary/aromatic N) is 2. The lowest BCUT2D eigenvalue weighted by Gasteiger charge is -2.02. The second-order valence-corrected chi connectivity index (χ2v) is 6.53. The van der Waals surface area contributed by atoms with E-state index in [9.17, 15) is 9.50 Å². The predicted molar refractivity (Wildman–Crippen MR) is 100 cm³/mol. The maximum absolute atomic E-state index is 12.9. The van der Waals surface area contributed by atoms with E-state index in [0.29, 0.717) is 11.3 Å². The molecule has 0 spiro atoms. The molecule has 1 aromatic heterocycles. The summed E-state index contributed by atoms with van der Waals surface area (Å²) in [4.78, 5) is 8.98. The lowest BCUT2D eigenvalue weighted by atomic mass is 10.2. The summed E-state index contributed by atoms with van der Waals surface area (Å²) >= 11 is 1.52. The number of rotatable bonds is 3. The predicted octanol–water partition coefficient (Wildman–Crippen LogP) is 5.56. The molecular formula is C20H13FN2OS. The molecule has 0 amide bonds. The second kappa shape index (κ2) is 6.45. The number of phenols is 1. The summed E-state index contributed by atoms with van der Waals surface area (Å²) in [6.45, 7) is 0. The van der Waals surface area contributed by atoms with E-state index in [0.717, 1.165) is 20.8 Å². The molecule has 0 atom stereocenters. The molecule has 0 saturated carbocycles. The standard InChI is InChI=1S/C20H13FN2OS/c21-14-7-5-13(6-8-14)12-22-15-9-10-18(24)16(11-15)20-23-17-3-1-2-4-19(17)25-20/h1-12,24H. The van der Waals surface area contributed by atoms with Crippen molar-refractivity contribution >= 4 is 33.5 Å². The van der Waals surface area contributed by atoms with Gasteiger partial charge in [0.15, 0.2) is 0 Å². The SMILES string of the molecule is Oc1ccc(N=Cc2ccc(F)cc2)cc1-c1nc2ccccc2s1. The van der Waals surface area contributed by atoms with Crippen LogP contribution < -0.4 is 0 Å². The molecule has 3 nitrogen and oxygen atoms in total. The Kier molecular flexibility index (Phi) is 3.99. The zero-order valence-electron chi connectivity index (χ0n) is 13.1. The van der Waals surface area contributed by atoms with Crippen LogP contribution >= 0.6 is 11.3 Å². The van der Waals surface area contributed by atoms with Crippen molar-refractivity contribution in [1.82, 2.24) is 4.98 Å². The Balaban J connectivity index is 1.69. The highest BCUT2D eigenvalue weighted by Gasteiger charge is 2.11. The van der Waals surface area contributed by atoms with E-state index >= 15 is 0 Å². The Morgan fingerprint density at radius 2 is 1.80 bits per heavy atom. The van der Waals surface area contributed by atoms with Gasteiger partial charge in [0.2, 0.25) is 0 Å². The zero-order valence-corrected chi connectivity index (χ0v) is 13.9. The number of phenolic OH excluding ortho intramolecular Hbond substituents is 1. The summed E-state index contributed by atoms with van der Waals surface area (Å²) in [7, 11) is 0. The Morgan fingerprint density at radius 1 is 1.00 bits per heavy atom. The third-order valence-corrected chi connectivity index (χ3v) is 4.81. The van der Waals surface area contributed by atoms with Crippen molar-refractivity contribution < 1.29 is 9.50 Å². The summed E-state index contributed by atoms with van der Waals surface area (Å²) in [5.74, 6) is -0.111. The fraction of sp³-hybridized carbons (Fsp3) is 0. The smallest absolute Gasteiger partial charge is 0.128 e. The van der Waals surface area contributed by atoms with Crippen molar-refractivity contribution in [3.63, 3.8) is 0 Å². The minimum Gasteiger partial charge on any atom is -0.507 e. The summed E-state index contributed by atoms with van der Waals surface area (Å²) in [6.07, 6.45) is 1.66. The summed E-state index contributed by atoms with van der Waals surface area (Å²) in [6, 6.07) is 19.1. The molecule has 0 radical (unpaired) electrons. The molecule has 0 saturated heterocycles. The van der Waals surface area contributed by atoms with Crippen molar-refractivity contribution in [2.45, 2.75) is 0 Å². The van der Waals surface area contributed by atoms with Crippen molar-refractivity contribution in [2.24, 2.45) is 4.99 Å². The van der Waals surface area contributed by atoms with Crippen LogP contribution in [0.4, 0.5) is 10.1 Å². The summed E-state index contributed by atoms with van der Waals surface area (Å²) in [5, 5.41) is 11.0. The second-order valence-electron chi connectivity index (χ2n) is 5.50. The highest BCUT2D eigenvalue weighted by atomic mass is 32.1. The third-order valence-electron chi connectivity index (χ3n) is 3.74. The van der Waals surface area contributed by atoms with Crippen LogP contribution in [0.3, 0.4) is 0 Å². The molecule has 5 heteroatoms. The average Bonchev–Trinajstić information content (AvgIpc) is 3.06. The van der Waals surface area contributed by atoms with E-state index in [1.165, 1.54) is 23.5 Å². The molecule has 4 rings (SSSR count). The van der Waals surface area contributed by atoms with Gasteiger partial charge in [0.1, 0.15) is 16.6 Å². The van der Waals surface area contributed by atoms with Gasteiger partial charge in [-0.25, -0.2) is 9.37 Å². The number of para-hydroxylation sites is 1. The number of aromatic hydroxyl groups is 1. The number of hydrogen-bond acceptors (Lipinski definition) is 4. The van der Waals surface area contributed by atoms with Gasteiger partial charge in [0.05, 0.1) is 21.5 Å². The molecule has 1 heterocycles. The molecule has 1 N–H and O–H groups in total. The van der Waals surface area contributed by atoms with Crippen LogP contribution in [0, 0.1) is 5.82 Å². The molecule has 0 fully saturated rings. The minimum atomic E-state index is -0.278. The number of aromatic nitrogens is 1. The molecule has 122 valence electrons. The van der Waals surface area contributed by atoms with Crippen molar-refractivity contribution in [3.05, 3.63) is 78.1 Å². The van der Waals surface area contributed by atoms with Crippen LogP contribution in [0.2, 0.25) is 0 Å². The van der Waals surface area contributed by atoms with E-state index in [1.807, 2.05) is 24.3 Å². The molecule has 0 aliphatic heterocycles. The Morgan fingerprint density at radius 3 is 2.60 bits per heavy atom. The van der Waals surface area contributed by atoms with Gasteiger partial charge in [0.25, 0.3) is 0 Å². The van der Waals surface area contributed by atoms with Crippen molar-refractivity contribution in [2.75, 3.05) is 0 Å². The molecule has 0 aliphatic rings. The first-order valence-corrected chi connectivity index (χ1v) is 8.49. The van der Waals surface area contributed by atoms with Gasteiger partial charge in [-0.1, -0.05) is 24.3 Å². The van der Waals surface area contributed by atoms with Crippen LogP contribution in [-0.4, -0.2) is 16.3 Å². The van der Waals surface area contributed by atoms with E-state index in [-0.39, 0.29) is 11.6 Å². The number of benzene rings is 3. The quantitative estimate of drug-likeness (QED) is 0.493. The molecule has 3 aromatic carbocycles. The van der Waals surface area contributed by atoms with Crippen molar-refractivity contribution in [1.29, 1.82) is 0 Å². The Bertz CT molecular complexity index is 1040. The first-order chi connectivity index (χ1) is 12.2. The van der Waals surface area contributed by atoms with Crippen LogP contribution in [0.25, 0.3) is 20.8 Å². The number of aliphatic imine (C=N–C) groups is 1. The normalized spacial score (nSPS) is 11.4. The van der Waals surface area contributed by atoms with Gasteiger partial charge in [0, 0.05) is 6.21 Å². The highest BCUT2D eigenvalue weighted by molar-refractivity contribution is 7.21. The van der Waals surface area contributed by atoms with Gasteiger partial charge in [-0.2, -0.15) is 0 Å². The average molecular weight is 348 g/mol. The number of hydrogen-bond donors (Lipinski definition) is 1. The number of fused-ring (bicyclic) bond motifs is 1. The topological polar surface area (TPSA) is 45.5 Å². The van der Waals surface area contributed by atoms with Gasteiger partial charge in [-0.3, -0.25) is 4.99 Å². The zero-order chi connectivity index (χ0) is 17.2. The third kappa shape index (κ3) is 3.27. The first-order valence-electron chi connectivity index (χ1n) is 7.68. The molecule has 0 bridgehead atoms. The Hall–Kier alpha value is -3.05. The van der Waals surface area contributed by atoms with Crippen LogP contribution in [0.5, 0.6) is 5.75 Å². The summed E-state index contributed by atoms with van der Waals surface area (Å²) < 4.78 is 14.0.